The van der Waals surface area contributed by atoms with E-state index in [1.165, 1.54) is 13.2 Å². The molecule has 1 aromatic rings. The van der Waals surface area contributed by atoms with E-state index in [-0.39, 0.29) is 17.4 Å². The fourth-order valence-corrected chi connectivity index (χ4v) is 4.36. The maximum absolute atomic E-state index is 13.8. The Balaban J connectivity index is 2.06. The van der Waals surface area contributed by atoms with Crippen molar-refractivity contribution in [2.24, 2.45) is 11.7 Å². The third-order valence-corrected chi connectivity index (χ3v) is 5.36. The van der Waals surface area contributed by atoms with Crippen LogP contribution in [0, 0.1) is 11.7 Å². The molecule has 0 saturated carbocycles. The molecule has 2 rings (SSSR count). The van der Waals surface area contributed by atoms with E-state index in [2.05, 4.69) is 0 Å². The molecule has 1 saturated heterocycles. The number of nitrogens with two attached hydrogens (primary N) is 1. The highest BCUT2D eigenvalue weighted by molar-refractivity contribution is 7.91. The summed E-state index contributed by atoms with van der Waals surface area (Å²) in [5, 5.41) is 0. The van der Waals surface area contributed by atoms with Gasteiger partial charge in [-0.15, -0.1) is 0 Å². The van der Waals surface area contributed by atoms with Crippen molar-refractivity contribution >= 4 is 9.84 Å². The summed E-state index contributed by atoms with van der Waals surface area (Å²) >= 11 is 0. The molecule has 2 unspecified atom stereocenters. The van der Waals surface area contributed by atoms with Gasteiger partial charge in [0.05, 0.1) is 18.6 Å². The number of sulfone groups is 1. The molecule has 1 aromatic carbocycles. The second kappa shape index (κ2) is 5.46. The van der Waals surface area contributed by atoms with Crippen molar-refractivity contribution in [3.8, 4) is 5.75 Å². The van der Waals surface area contributed by atoms with Gasteiger partial charge < -0.3 is 10.5 Å². The smallest absolute Gasteiger partial charge is 0.150 e. The quantitative estimate of drug-likeness (QED) is 0.914. The Morgan fingerprint density at radius 3 is 2.79 bits per heavy atom. The molecule has 1 heterocycles. The van der Waals surface area contributed by atoms with E-state index in [0.29, 0.717) is 24.2 Å². The standard InChI is InChI=1S/C13H18FNO3S/c1-18-10-2-3-11(12(14)7-10)13(15)6-9-4-5-19(16,17)8-9/h2-3,7,9,13H,4-6,8,15H2,1H3. The molecule has 1 aliphatic rings. The third kappa shape index (κ3) is 3.45. The van der Waals surface area contributed by atoms with Crippen LogP contribution in [0.3, 0.4) is 0 Å². The van der Waals surface area contributed by atoms with Crippen LogP contribution in [-0.4, -0.2) is 27.0 Å². The minimum atomic E-state index is -2.91. The number of halogens is 1. The Kier molecular flexibility index (Phi) is 4.10. The van der Waals surface area contributed by atoms with Crippen molar-refractivity contribution in [3.05, 3.63) is 29.6 Å². The summed E-state index contributed by atoms with van der Waals surface area (Å²) in [7, 11) is -1.44. The molecule has 0 spiro atoms. The molecule has 4 nitrogen and oxygen atoms in total. The minimum absolute atomic E-state index is 0.0292. The second-order valence-corrected chi connectivity index (χ2v) is 7.23. The molecule has 0 aliphatic carbocycles. The molecule has 0 amide bonds. The van der Waals surface area contributed by atoms with Gasteiger partial charge in [-0.25, -0.2) is 12.8 Å². The topological polar surface area (TPSA) is 69.4 Å². The van der Waals surface area contributed by atoms with Crippen LogP contribution in [-0.2, 0) is 9.84 Å². The zero-order valence-electron chi connectivity index (χ0n) is 10.8. The summed E-state index contributed by atoms with van der Waals surface area (Å²) in [4.78, 5) is 0. The SMILES string of the molecule is COc1ccc(C(N)CC2CCS(=O)(=O)C2)c(F)c1. The number of rotatable bonds is 4. The fraction of sp³-hybridized carbons (Fsp3) is 0.538. The Labute approximate surface area is 112 Å². The lowest BCUT2D eigenvalue weighted by atomic mass is 9.94. The molecule has 2 atom stereocenters. The minimum Gasteiger partial charge on any atom is -0.497 e. The van der Waals surface area contributed by atoms with Gasteiger partial charge in [-0.3, -0.25) is 0 Å². The summed E-state index contributed by atoms with van der Waals surface area (Å²) in [6, 6.07) is 4.07. The highest BCUT2D eigenvalue weighted by Crippen LogP contribution is 2.29. The molecular formula is C13H18FNO3S. The van der Waals surface area contributed by atoms with Crippen molar-refractivity contribution in [1.82, 2.24) is 0 Å². The summed E-state index contributed by atoms with van der Waals surface area (Å²) < 4.78 is 41.5. The molecule has 6 heteroatoms. The summed E-state index contributed by atoms with van der Waals surface area (Å²) in [5.41, 5.74) is 6.39. The van der Waals surface area contributed by atoms with Crippen molar-refractivity contribution in [3.63, 3.8) is 0 Å². The number of hydrogen-bond donors (Lipinski definition) is 1. The van der Waals surface area contributed by atoms with Crippen LogP contribution in [0.5, 0.6) is 5.75 Å². The molecular weight excluding hydrogens is 269 g/mol. The van der Waals surface area contributed by atoms with Gasteiger partial charge in [-0.05, 0) is 24.8 Å². The third-order valence-electron chi connectivity index (χ3n) is 3.52. The number of hydrogen-bond acceptors (Lipinski definition) is 4. The van der Waals surface area contributed by atoms with Crippen LogP contribution in [0.4, 0.5) is 4.39 Å². The van der Waals surface area contributed by atoms with Crippen LogP contribution >= 0.6 is 0 Å². The number of methoxy groups -OCH3 is 1. The zero-order valence-corrected chi connectivity index (χ0v) is 11.6. The molecule has 0 radical (unpaired) electrons. The first-order valence-electron chi connectivity index (χ1n) is 6.21. The first-order valence-corrected chi connectivity index (χ1v) is 8.03. The Morgan fingerprint density at radius 1 is 1.53 bits per heavy atom. The molecule has 1 aliphatic heterocycles. The Hall–Kier alpha value is -1.14. The number of benzene rings is 1. The molecule has 19 heavy (non-hydrogen) atoms. The first-order chi connectivity index (χ1) is 8.91. The van der Waals surface area contributed by atoms with E-state index in [4.69, 9.17) is 10.5 Å². The highest BCUT2D eigenvalue weighted by Gasteiger charge is 2.29. The molecule has 0 aromatic heterocycles. The average molecular weight is 287 g/mol. The van der Waals surface area contributed by atoms with Crippen LogP contribution in [0.25, 0.3) is 0 Å². The Bertz CT molecular complexity index is 559. The van der Waals surface area contributed by atoms with E-state index >= 15 is 0 Å². The monoisotopic (exact) mass is 287 g/mol. The van der Waals surface area contributed by atoms with Crippen LogP contribution in [0.1, 0.15) is 24.4 Å². The highest BCUT2D eigenvalue weighted by atomic mass is 32.2. The maximum atomic E-state index is 13.8. The van der Waals surface area contributed by atoms with Crippen molar-refractivity contribution in [2.45, 2.75) is 18.9 Å². The normalized spacial score (nSPS) is 23.2. The van der Waals surface area contributed by atoms with E-state index in [1.807, 2.05) is 0 Å². The largest absolute Gasteiger partial charge is 0.497 e. The number of ether oxygens (including phenoxy) is 1. The summed E-state index contributed by atoms with van der Waals surface area (Å²) in [6.07, 6.45) is 1.11. The van der Waals surface area contributed by atoms with E-state index < -0.39 is 21.7 Å². The molecule has 106 valence electrons. The maximum Gasteiger partial charge on any atom is 0.150 e. The van der Waals surface area contributed by atoms with Crippen LogP contribution in [0.15, 0.2) is 18.2 Å². The van der Waals surface area contributed by atoms with Gasteiger partial charge in [0.15, 0.2) is 9.84 Å². The predicted octanol–water partition coefficient (Wildman–Crippen LogP) is 1.66. The summed E-state index contributed by atoms with van der Waals surface area (Å²) in [6.45, 7) is 0. The van der Waals surface area contributed by atoms with Gasteiger partial charge >= 0.3 is 0 Å². The first kappa shape index (κ1) is 14.3. The molecule has 0 bridgehead atoms. The lowest BCUT2D eigenvalue weighted by molar-refractivity contribution is 0.408. The van der Waals surface area contributed by atoms with Crippen molar-refractivity contribution < 1.29 is 17.5 Å². The summed E-state index contributed by atoms with van der Waals surface area (Å²) in [5.74, 6) is 0.444. The second-order valence-electron chi connectivity index (χ2n) is 5.00. The van der Waals surface area contributed by atoms with Gasteiger partial charge in [-0.2, -0.15) is 0 Å². The Morgan fingerprint density at radius 2 is 2.26 bits per heavy atom. The van der Waals surface area contributed by atoms with Crippen LogP contribution < -0.4 is 10.5 Å². The van der Waals surface area contributed by atoms with Crippen molar-refractivity contribution in [1.29, 1.82) is 0 Å². The van der Waals surface area contributed by atoms with Gasteiger partial charge in [0.2, 0.25) is 0 Å². The fourth-order valence-electron chi connectivity index (χ4n) is 2.48. The molecule has 2 N–H and O–H groups in total. The lowest BCUT2D eigenvalue weighted by Gasteiger charge is -2.17. The van der Waals surface area contributed by atoms with E-state index in [9.17, 15) is 12.8 Å². The van der Waals surface area contributed by atoms with Crippen molar-refractivity contribution in [2.75, 3.05) is 18.6 Å². The van der Waals surface area contributed by atoms with Gasteiger partial charge in [0.1, 0.15) is 11.6 Å². The van der Waals surface area contributed by atoms with Crippen LogP contribution in [0.2, 0.25) is 0 Å². The lowest BCUT2D eigenvalue weighted by Crippen LogP contribution is -2.17. The average Bonchev–Trinajstić information content (AvgIpc) is 2.68. The van der Waals surface area contributed by atoms with E-state index in [0.717, 1.165) is 0 Å². The zero-order chi connectivity index (χ0) is 14.0. The van der Waals surface area contributed by atoms with Gasteiger partial charge in [0, 0.05) is 17.7 Å². The van der Waals surface area contributed by atoms with Gasteiger partial charge in [0.25, 0.3) is 0 Å². The van der Waals surface area contributed by atoms with Gasteiger partial charge in [-0.1, -0.05) is 6.07 Å². The van der Waals surface area contributed by atoms with E-state index in [1.54, 1.807) is 12.1 Å². The molecule has 1 fully saturated rings. The predicted molar refractivity (Wildman–Crippen MR) is 71.3 cm³/mol.